The molecular formula is C16H28N2S. The van der Waals surface area contributed by atoms with Crippen molar-refractivity contribution >= 4 is 11.3 Å². The van der Waals surface area contributed by atoms with Crippen molar-refractivity contribution in [2.75, 3.05) is 0 Å². The van der Waals surface area contributed by atoms with Crippen LogP contribution in [0, 0.1) is 0 Å². The summed E-state index contributed by atoms with van der Waals surface area (Å²) in [7, 11) is 0. The van der Waals surface area contributed by atoms with Gasteiger partial charge in [0, 0.05) is 22.9 Å². The molecule has 1 saturated carbocycles. The largest absolute Gasteiger partial charge is 0.309 e. The molecular weight excluding hydrogens is 252 g/mol. The normalized spacial score (nSPS) is 17.3. The Morgan fingerprint density at radius 2 is 1.95 bits per heavy atom. The van der Waals surface area contributed by atoms with E-state index < -0.39 is 0 Å². The lowest BCUT2D eigenvalue weighted by molar-refractivity contribution is 0.512. The quantitative estimate of drug-likeness (QED) is 0.863. The van der Waals surface area contributed by atoms with Gasteiger partial charge in [-0.3, -0.25) is 0 Å². The van der Waals surface area contributed by atoms with E-state index in [2.05, 4.69) is 33.0 Å². The van der Waals surface area contributed by atoms with Crippen molar-refractivity contribution in [3.05, 3.63) is 15.6 Å². The molecule has 0 unspecified atom stereocenters. The zero-order valence-electron chi connectivity index (χ0n) is 12.9. The molecule has 0 radical (unpaired) electrons. The SMILES string of the molecule is CCCc1nc(C(C)(C)C)c(CNC2CCCC2)s1. The number of aromatic nitrogens is 1. The lowest BCUT2D eigenvalue weighted by atomic mass is 9.91. The number of nitrogens with zero attached hydrogens (tertiary/aromatic N) is 1. The molecule has 1 aliphatic rings. The second-order valence-corrected chi connectivity index (χ2v) is 7.91. The van der Waals surface area contributed by atoms with E-state index in [9.17, 15) is 0 Å². The molecule has 1 aromatic rings. The van der Waals surface area contributed by atoms with Gasteiger partial charge in [0.15, 0.2) is 0 Å². The number of thiazole rings is 1. The predicted octanol–water partition coefficient (Wildman–Crippen LogP) is 4.43. The molecule has 1 aliphatic carbocycles. The summed E-state index contributed by atoms with van der Waals surface area (Å²) in [4.78, 5) is 6.36. The van der Waals surface area contributed by atoms with Crippen LogP contribution >= 0.6 is 11.3 Å². The second kappa shape index (κ2) is 6.36. The molecule has 0 aromatic carbocycles. The minimum atomic E-state index is 0.162. The minimum absolute atomic E-state index is 0.162. The van der Waals surface area contributed by atoms with E-state index in [1.807, 2.05) is 11.3 Å². The number of aryl methyl sites for hydroxylation is 1. The molecule has 0 atom stereocenters. The molecule has 3 heteroatoms. The van der Waals surface area contributed by atoms with Crippen molar-refractivity contribution in [2.24, 2.45) is 0 Å². The first kappa shape index (κ1) is 15.0. The smallest absolute Gasteiger partial charge is 0.0931 e. The van der Waals surface area contributed by atoms with Gasteiger partial charge in [0.2, 0.25) is 0 Å². The van der Waals surface area contributed by atoms with Crippen molar-refractivity contribution in [2.45, 2.75) is 84.2 Å². The van der Waals surface area contributed by atoms with Crippen LogP contribution in [0.2, 0.25) is 0 Å². The van der Waals surface area contributed by atoms with Crippen LogP contribution < -0.4 is 5.32 Å². The van der Waals surface area contributed by atoms with Gasteiger partial charge in [-0.1, -0.05) is 40.5 Å². The summed E-state index contributed by atoms with van der Waals surface area (Å²) in [6, 6.07) is 0.740. The highest BCUT2D eigenvalue weighted by atomic mass is 32.1. The van der Waals surface area contributed by atoms with Gasteiger partial charge in [-0.05, 0) is 25.7 Å². The highest BCUT2D eigenvalue weighted by Crippen LogP contribution is 2.30. The molecule has 19 heavy (non-hydrogen) atoms. The van der Waals surface area contributed by atoms with E-state index in [0.717, 1.165) is 19.0 Å². The number of nitrogens with one attached hydrogen (secondary N) is 1. The number of hydrogen-bond donors (Lipinski definition) is 1. The average molecular weight is 280 g/mol. The molecule has 108 valence electrons. The zero-order valence-corrected chi connectivity index (χ0v) is 13.7. The van der Waals surface area contributed by atoms with E-state index in [1.165, 1.54) is 47.7 Å². The summed E-state index contributed by atoms with van der Waals surface area (Å²) in [5, 5.41) is 5.05. The summed E-state index contributed by atoms with van der Waals surface area (Å²) in [6.45, 7) is 10.1. The zero-order chi connectivity index (χ0) is 13.9. The molecule has 1 aromatic heterocycles. The van der Waals surface area contributed by atoms with Crippen LogP contribution in [0.1, 0.15) is 75.4 Å². The minimum Gasteiger partial charge on any atom is -0.309 e. The molecule has 0 aliphatic heterocycles. The Morgan fingerprint density at radius 1 is 1.26 bits per heavy atom. The third-order valence-corrected chi connectivity index (χ3v) is 4.94. The van der Waals surface area contributed by atoms with Gasteiger partial charge in [-0.2, -0.15) is 0 Å². The lowest BCUT2D eigenvalue weighted by Crippen LogP contribution is -2.26. The fourth-order valence-electron chi connectivity index (χ4n) is 2.79. The van der Waals surface area contributed by atoms with E-state index in [0.29, 0.717) is 0 Å². The van der Waals surface area contributed by atoms with E-state index >= 15 is 0 Å². The fraction of sp³-hybridized carbons (Fsp3) is 0.812. The van der Waals surface area contributed by atoms with Crippen LogP contribution in [0.25, 0.3) is 0 Å². The molecule has 2 nitrogen and oxygen atoms in total. The van der Waals surface area contributed by atoms with Crippen LogP contribution in [-0.2, 0) is 18.4 Å². The van der Waals surface area contributed by atoms with Crippen molar-refractivity contribution < 1.29 is 0 Å². The van der Waals surface area contributed by atoms with Gasteiger partial charge in [-0.15, -0.1) is 11.3 Å². The highest BCUT2D eigenvalue weighted by molar-refractivity contribution is 7.11. The topological polar surface area (TPSA) is 24.9 Å². The van der Waals surface area contributed by atoms with Crippen molar-refractivity contribution in [1.82, 2.24) is 10.3 Å². The van der Waals surface area contributed by atoms with Gasteiger partial charge in [0.25, 0.3) is 0 Å². The van der Waals surface area contributed by atoms with E-state index in [-0.39, 0.29) is 5.41 Å². The molecule has 2 rings (SSSR count). The molecule has 1 N–H and O–H groups in total. The summed E-state index contributed by atoms with van der Waals surface area (Å²) in [5.74, 6) is 0. The Hall–Kier alpha value is -0.410. The van der Waals surface area contributed by atoms with Gasteiger partial charge in [-0.25, -0.2) is 4.98 Å². The molecule has 0 amide bonds. The maximum absolute atomic E-state index is 4.89. The summed E-state index contributed by atoms with van der Waals surface area (Å²) >= 11 is 1.92. The summed E-state index contributed by atoms with van der Waals surface area (Å²) in [6.07, 6.45) is 7.81. The first-order valence-corrected chi connectivity index (χ1v) is 8.54. The Balaban J connectivity index is 2.07. The summed E-state index contributed by atoms with van der Waals surface area (Å²) in [5.41, 5.74) is 1.47. The Bertz CT molecular complexity index is 397. The van der Waals surface area contributed by atoms with Gasteiger partial charge < -0.3 is 5.32 Å². The standard InChI is InChI=1S/C16H28N2S/c1-5-8-14-18-15(16(2,3)4)13(19-14)11-17-12-9-6-7-10-12/h12,17H,5-11H2,1-4H3. The van der Waals surface area contributed by atoms with E-state index in [4.69, 9.17) is 4.98 Å². The molecule has 0 saturated heterocycles. The lowest BCUT2D eigenvalue weighted by Gasteiger charge is -2.19. The predicted molar refractivity (Wildman–Crippen MR) is 83.9 cm³/mol. The highest BCUT2D eigenvalue weighted by Gasteiger charge is 2.23. The van der Waals surface area contributed by atoms with Crippen molar-refractivity contribution in [3.63, 3.8) is 0 Å². The third-order valence-electron chi connectivity index (χ3n) is 3.82. The molecule has 1 fully saturated rings. The number of hydrogen-bond acceptors (Lipinski definition) is 3. The monoisotopic (exact) mass is 280 g/mol. The van der Waals surface area contributed by atoms with Crippen molar-refractivity contribution in [1.29, 1.82) is 0 Å². The summed E-state index contributed by atoms with van der Waals surface area (Å²) < 4.78 is 0. The van der Waals surface area contributed by atoms with Gasteiger partial charge in [0.05, 0.1) is 10.7 Å². The van der Waals surface area contributed by atoms with Crippen LogP contribution in [-0.4, -0.2) is 11.0 Å². The fourth-order valence-corrected chi connectivity index (χ4v) is 4.13. The maximum Gasteiger partial charge on any atom is 0.0931 e. The Labute approximate surface area is 122 Å². The first-order valence-electron chi connectivity index (χ1n) is 7.73. The molecule has 1 heterocycles. The Morgan fingerprint density at radius 3 is 2.53 bits per heavy atom. The van der Waals surface area contributed by atoms with Crippen LogP contribution in [0.4, 0.5) is 0 Å². The molecule has 0 bridgehead atoms. The van der Waals surface area contributed by atoms with Crippen LogP contribution in [0.3, 0.4) is 0 Å². The van der Waals surface area contributed by atoms with Crippen molar-refractivity contribution in [3.8, 4) is 0 Å². The second-order valence-electron chi connectivity index (χ2n) is 6.74. The van der Waals surface area contributed by atoms with Gasteiger partial charge >= 0.3 is 0 Å². The van der Waals surface area contributed by atoms with Crippen LogP contribution in [0.15, 0.2) is 0 Å². The third kappa shape index (κ3) is 4.03. The average Bonchev–Trinajstić information content (AvgIpc) is 2.94. The van der Waals surface area contributed by atoms with Gasteiger partial charge in [0.1, 0.15) is 0 Å². The first-order chi connectivity index (χ1) is 9.00. The van der Waals surface area contributed by atoms with E-state index in [1.54, 1.807) is 0 Å². The Kier molecular flexibility index (Phi) is 5.02. The maximum atomic E-state index is 4.89. The number of rotatable bonds is 5. The molecule has 0 spiro atoms. The van der Waals surface area contributed by atoms with Crippen LogP contribution in [0.5, 0.6) is 0 Å².